The minimum Gasteiger partial charge on any atom is -0.469 e. The molecule has 2 heterocycles. The molecule has 0 unspecified atom stereocenters. The van der Waals surface area contributed by atoms with Crippen LogP contribution in [-0.2, 0) is 9.53 Å². The highest BCUT2D eigenvalue weighted by atomic mass is 16.5. The number of carbonyl (C=O) groups excluding carboxylic acids is 1. The Morgan fingerprint density at radius 3 is 2.43 bits per heavy atom. The Balaban J connectivity index is 1.83. The normalized spacial score (nSPS) is 15.4. The number of amidine groups is 1. The Labute approximate surface area is 164 Å². The van der Waals surface area contributed by atoms with Crippen molar-refractivity contribution in [1.82, 2.24) is 9.88 Å². The van der Waals surface area contributed by atoms with Gasteiger partial charge in [0.2, 0.25) is 5.88 Å². The summed E-state index contributed by atoms with van der Waals surface area (Å²) in [5.74, 6) is 1.11. The topological polar surface area (TPSA) is 84.2 Å². The fourth-order valence-corrected chi connectivity index (χ4v) is 3.28. The summed E-state index contributed by atoms with van der Waals surface area (Å²) in [4.78, 5) is 18.2. The summed E-state index contributed by atoms with van der Waals surface area (Å²) < 4.78 is 10.8. The molecule has 0 amide bonds. The van der Waals surface area contributed by atoms with Gasteiger partial charge >= 0.3 is 5.97 Å². The highest BCUT2D eigenvalue weighted by Crippen LogP contribution is 2.27. The summed E-state index contributed by atoms with van der Waals surface area (Å²) in [5.41, 5.74) is 2.54. The third kappa shape index (κ3) is 4.42. The third-order valence-corrected chi connectivity index (χ3v) is 4.90. The van der Waals surface area contributed by atoms with Crippen LogP contribution in [0.5, 0.6) is 11.6 Å². The number of pyridine rings is 1. The first-order valence-electron chi connectivity index (χ1n) is 9.29. The monoisotopic (exact) mass is 383 g/mol. The molecule has 1 aliphatic heterocycles. The Hall–Kier alpha value is -3.09. The van der Waals surface area contributed by atoms with Crippen LogP contribution in [0.1, 0.15) is 29.7 Å². The van der Waals surface area contributed by atoms with Crippen molar-refractivity contribution < 1.29 is 19.5 Å². The van der Waals surface area contributed by atoms with Crippen LogP contribution in [-0.4, -0.2) is 47.1 Å². The van der Waals surface area contributed by atoms with E-state index in [1.807, 2.05) is 55.1 Å². The number of hydrogen-bond acceptors (Lipinski definition) is 6. The second-order valence-corrected chi connectivity index (χ2v) is 6.93. The van der Waals surface area contributed by atoms with Crippen molar-refractivity contribution in [1.29, 1.82) is 0 Å². The zero-order valence-electron chi connectivity index (χ0n) is 16.4. The number of aromatic nitrogens is 1. The van der Waals surface area contributed by atoms with Gasteiger partial charge in [-0.25, -0.2) is 4.98 Å². The van der Waals surface area contributed by atoms with Crippen LogP contribution in [0.3, 0.4) is 0 Å². The van der Waals surface area contributed by atoms with E-state index in [1.165, 1.54) is 7.11 Å². The molecule has 3 rings (SSSR count). The SMILES string of the molecule is COC(=O)C1CCN(/C(=N\O)c2ccc(C)nc2Oc2ccc(C)cc2)CC1. The van der Waals surface area contributed by atoms with Gasteiger partial charge in [0.1, 0.15) is 5.75 Å². The summed E-state index contributed by atoms with van der Waals surface area (Å²) >= 11 is 0. The van der Waals surface area contributed by atoms with Gasteiger partial charge in [-0.2, -0.15) is 0 Å². The second kappa shape index (κ2) is 8.73. The number of oxime groups is 1. The van der Waals surface area contributed by atoms with Gasteiger partial charge in [-0.15, -0.1) is 0 Å². The average molecular weight is 383 g/mol. The highest BCUT2D eigenvalue weighted by molar-refractivity contribution is 6.00. The lowest BCUT2D eigenvalue weighted by Gasteiger charge is -2.32. The van der Waals surface area contributed by atoms with Gasteiger partial charge in [0.05, 0.1) is 18.6 Å². The number of carbonyl (C=O) groups is 1. The molecule has 7 nitrogen and oxygen atoms in total. The molecule has 1 saturated heterocycles. The van der Waals surface area contributed by atoms with Crippen molar-refractivity contribution >= 4 is 11.8 Å². The van der Waals surface area contributed by atoms with Crippen molar-refractivity contribution in [2.75, 3.05) is 20.2 Å². The van der Waals surface area contributed by atoms with Crippen LogP contribution in [0.25, 0.3) is 0 Å². The van der Waals surface area contributed by atoms with E-state index in [0.29, 0.717) is 49.0 Å². The fourth-order valence-electron chi connectivity index (χ4n) is 3.28. The van der Waals surface area contributed by atoms with Crippen LogP contribution in [0.15, 0.2) is 41.6 Å². The van der Waals surface area contributed by atoms with Crippen molar-refractivity contribution in [2.45, 2.75) is 26.7 Å². The largest absolute Gasteiger partial charge is 0.469 e. The maximum absolute atomic E-state index is 11.8. The molecular weight excluding hydrogens is 358 g/mol. The van der Waals surface area contributed by atoms with E-state index in [0.717, 1.165) is 11.3 Å². The van der Waals surface area contributed by atoms with E-state index < -0.39 is 0 Å². The Bertz CT molecular complexity index is 856. The summed E-state index contributed by atoms with van der Waals surface area (Å²) in [6.45, 7) is 5.05. The quantitative estimate of drug-likeness (QED) is 0.286. The first-order valence-corrected chi connectivity index (χ1v) is 9.29. The smallest absolute Gasteiger partial charge is 0.308 e. The van der Waals surface area contributed by atoms with Crippen molar-refractivity contribution in [3.63, 3.8) is 0 Å². The fraction of sp³-hybridized carbons (Fsp3) is 0.381. The van der Waals surface area contributed by atoms with E-state index in [9.17, 15) is 10.0 Å². The van der Waals surface area contributed by atoms with Crippen LogP contribution < -0.4 is 4.74 Å². The van der Waals surface area contributed by atoms with Gasteiger partial charge in [-0.1, -0.05) is 22.9 Å². The minimum atomic E-state index is -0.192. The molecule has 0 aliphatic carbocycles. The Morgan fingerprint density at radius 1 is 1.14 bits per heavy atom. The Kier molecular flexibility index (Phi) is 6.13. The zero-order valence-corrected chi connectivity index (χ0v) is 16.4. The predicted octanol–water partition coefficient (Wildman–Crippen LogP) is 3.51. The number of benzene rings is 1. The third-order valence-electron chi connectivity index (χ3n) is 4.90. The first-order chi connectivity index (χ1) is 13.5. The number of hydrogen-bond donors (Lipinski definition) is 1. The van der Waals surface area contributed by atoms with Crippen molar-refractivity contribution in [2.24, 2.45) is 11.1 Å². The van der Waals surface area contributed by atoms with E-state index in [2.05, 4.69) is 10.1 Å². The highest BCUT2D eigenvalue weighted by Gasteiger charge is 2.29. The number of methoxy groups -OCH3 is 1. The zero-order chi connectivity index (χ0) is 20.1. The maximum Gasteiger partial charge on any atom is 0.308 e. The molecule has 148 valence electrons. The maximum atomic E-state index is 11.8. The predicted molar refractivity (Wildman–Crippen MR) is 105 cm³/mol. The van der Waals surface area contributed by atoms with E-state index in [-0.39, 0.29) is 11.9 Å². The first kappa shape index (κ1) is 19.7. The summed E-state index contributed by atoms with van der Waals surface area (Å²) in [6, 6.07) is 11.4. The minimum absolute atomic E-state index is 0.124. The number of nitrogens with zero attached hydrogens (tertiary/aromatic N) is 3. The van der Waals surface area contributed by atoms with Gasteiger partial charge < -0.3 is 19.6 Å². The summed E-state index contributed by atoms with van der Waals surface area (Å²) in [6.07, 6.45) is 1.28. The number of esters is 1. The van der Waals surface area contributed by atoms with Gasteiger partial charge in [-0.05, 0) is 51.0 Å². The lowest BCUT2D eigenvalue weighted by molar-refractivity contribution is -0.146. The van der Waals surface area contributed by atoms with E-state index in [4.69, 9.17) is 9.47 Å². The number of rotatable bonds is 4. The molecule has 1 aromatic carbocycles. The van der Waals surface area contributed by atoms with E-state index >= 15 is 0 Å². The van der Waals surface area contributed by atoms with Crippen molar-refractivity contribution in [3.05, 3.63) is 53.2 Å². The number of piperidine rings is 1. The van der Waals surface area contributed by atoms with Crippen LogP contribution in [0, 0.1) is 19.8 Å². The molecule has 28 heavy (non-hydrogen) atoms. The van der Waals surface area contributed by atoms with Gasteiger partial charge in [0.15, 0.2) is 5.84 Å². The van der Waals surface area contributed by atoms with E-state index in [1.54, 1.807) is 0 Å². The molecule has 0 radical (unpaired) electrons. The molecule has 0 bridgehead atoms. The molecule has 1 aromatic heterocycles. The van der Waals surface area contributed by atoms with Crippen molar-refractivity contribution in [3.8, 4) is 11.6 Å². The molecule has 1 aliphatic rings. The molecular formula is C21H25N3O4. The molecule has 1 N–H and O–H groups in total. The molecule has 0 atom stereocenters. The van der Waals surface area contributed by atoms with Crippen LogP contribution in [0.4, 0.5) is 0 Å². The average Bonchev–Trinajstić information content (AvgIpc) is 2.71. The van der Waals surface area contributed by atoms with Gasteiger partial charge in [-0.3, -0.25) is 4.79 Å². The lowest BCUT2D eigenvalue weighted by Crippen LogP contribution is -2.41. The number of ether oxygens (including phenoxy) is 2. The molecule has 0 saturated carbocycles. The lowest BCUT2D eigenvalue weighted by atomic mass is 9.96. The number of likely N-dealkylation sites (tertiary alicyclic amines) is 1. The summed E-state index contributed by atoms with van der Waals surface area (Å²) in [5, 5.41) is 13.2. The van der Waals surface area contributed by atoms with Gasteiger partial charge in [0.25, 0.3) is 0 Å². The second-order valence-electron chi connectivity index (χ2n) is 6.93. The molecule has 2 aromatic rings. The van der Waals surface area contributed by atoms with Gasteiger partial charge in [0, 0.05) is 18.8 Å². The van der Waals surface area contributed by atoms with Crippen LogP contribution >= 0.6 is 0 Å². The standard InChI is InChI=1S/C21H25N3O4/c1-14-4-7-17(8-5-14)28-20-18(9-6-15(2)22-20)19(23-26)24-12-10-16(11-13-24)21(25)27-3/h4-9,16,26H,10-13H2,1-3H3/b23-19-. The summed E-state index contributed by atoms with van der Waals surface area (Å²) in [7, 11) is 1.40. The van der Waals surface area contributed by atoms with Crippen LogP contribution in [0.2, 0.25) is 0 Å². The molecule has 1 fully saturated rings. The Morgan fingerprint density at radius 2 is 1.82 bits per heavy atom. The molecule has 0 spiro atoms. The number of aryl methyl sites for hydroxylation is 2. The molecule has 7 heteroatoms.